The molecule has 28 heavy (non-hydrogen) atoms. The Kier molecular flexibility index (Phi) is 5.86. The number of imidazole rings is 1. The SMILES string of the molecule is Cc1cc(C)cc(COC2OCCN(Cn3ccnc3)C2c2ccccc2)c1. The molecule has 1 aromatic heterocycles. The first-order chi connectivity index (χ1) is 13.7. The minimum absolute atomic E-state index is 0.0308. The molecule has 0 N–H and O–H groups in total. The summed E-state index contributed by atoms with van der Waals surface area (Å²) in [5.74, 6) is 0. The van der Waals surface area contributed by atoms with E-state index < -0.39 is 0 Å². The number of hydrogen-bond acceptors (Lipinski definition) is 4. The Balaban J connectivity index is 1.55. The average molecular weight is 377 g/mol. The number of aromatic nitrogens is 2. The van der Waals surface area contributed by atoms with Gasteiger partial charge in [0.1, 0.15) is 0 Å². The lowest BCUT2D eigenvalue weighted by Crippen LogP contribution is -2.46. The number of morpholine rings is 1. The van der Waals surface area contributed by atoms with Gasteiger partial charge in [-0.05, 0) is 25.0 Å². The van der Waals surface area contributed by atoms with Gasteiger partial charge < -0.3 is 14.0 Å². The minimum atomic E-state index is -0.319. The monoisotopic (exact) mass is 377 g/mol. The molecule has 1 fully saturated rings. The average Bonchev–Trinajstić information content (AvgIpc) is 3.19. The molecule has 5 nitrogen and oxygen atoms in total. The van der Waals surface area contributed by atoms with E-state index in [1.54, 1.807) is 0 Å². The molecule has 0 radical (unpaired) electrons. The molecule has 0 amide bonds. The van der Waals surface area contributed by atoms with Crippen LogP contribution < -0.4 is 0 Å². The third kappa shape index (κ3) is 4.50. The van der Waals surface area contributed by atoms with Crippen LogP contribution in [0.2, 0.25) is 0 Å². The normalized spacial score (nSPS) is 20.4. The predicted molar refractivity (Wildman–Crippen MR) is 109 cm³/mol. The lowest BCUT2D eigenvalue weighted by Gasteiger charge is -2.41. The van der Waals surface area contributed by atoms with Crippen LogP contribution in [0.15, 0.2) is 67.3 Å². The highest BCUT2D eigenvalue weighted by Gasteiger charge is 2.34. The molecule has 3 aromatic rings. The Bertz CT molecular complexity index is 860. The second kappa shape index (κ2) is 8.69. The van der Waals surface area contributed by atoms with E-state index in [0.29, 0.717) is 13.2 Å². The van der Waals surface area contributed by atoms with Crippen molar-refractivity contribution in [3.63, 3.8) is 0 Å². The van der Waals surface area contributed by atoms with Crippen molar-refractivity contribution < 1.29 is 9.47 Å². The van der Waals surface area contributed by atoms with E-state index in [0.717, 1.165) is 13.2 Å². The molecule has 5 heteroatoms. The van der Waals surface area contributed by atoms with E-state index in [-0.39, 0.29) is 12.3 Å². The second-order valence-corrected chi connectivity index (χ2v) is 7.43. The maximum Gasteiger partial charge on any atom is 0.177 e. The van der Waals surface area contributed by atoms with Gasteiger partial charge in [0.15, 0.2) is 6.29 Å². The van der Waals surface area contributed by atoms with Gasteiger partial charge in [0.05, 0.1) is 32.3 Å². The molecule has 0 aliphatic carbocycles. The fourth-order valence-electron chi connectivity index (χ4n) is 3.92. The van der Waals surface area contributed by atoms with Crippen molar-refractivity contribution in [2.75, 3.05) is 13.2 Å². The highest BCUT2D eigenvalue weighted by molar-refractivity contribution is 5.28. The van der Waals surface area contributed by atoms with Gasteiger partial charge in [0, 0.05) is 18.9 Å². The first kappa shape index (κ1) is 18.9. The smallest absolute Gasteiger partial charge is 0.177 e. The summed E-state index contributed by atoms with van der Waals surface area (Å²) in [6, 6.07) is 17.0. The van der Waals surface area contributed by atoms with E-state index in [1.807, 2.05) is 24.8 Å². The molecule has 2 heterocycles. The number of benzene rings is 2. The van der Waals surface area contributed by atoms with Gasteiger partial charge in [-0.1, -0.05) is 59.7 Å². The summed E-state index contributed by atoms with van der Waals surface area (Å²) >= 11 is 0. The van der Waals surface area contributed by atoms with E-state index in [2.05, 4.69) is 70.8 Å². The van der Waals surface area contributed by atoms with Crippen LogP contribution in [0, 0.1) is 13.8 Å². The van der Waals surface area contributed by atoms with Crippen LogP contribution in [0.4, 0.5) is 0 Å². The molecule has 146 valence electrons. The fraction of sp³-hybridized carbons (Fsp3) is 0.348. The largest absolute Gasteiger partial charge is 0.349 e. The quantitative estimate of drug-likeness (QED) is 0.649. The van der Waals surface area contributed by atoms with Gasteiger partial charge in [0.2, 0.25) is 0 Å². The Labute approximate surface area is 166 Å². The van der Waals surface area contributed by atoms with Gasteiger partial charge >= 0.3 is 0 Å². The van der Waals surface area contributed by atoms with Gasteiger partial charge in [0.25, 0.3) is 0 Å². The molecule has 0 spiro atoms. The van der Waals surface area contributed by atoms with Crippen molar-refractivity contribution in [2.45, 2.75) is 39.5 Å². The molecular formula is C23H27N3O2. The maximum absolute atomic E-state index is 6.31. The van der Waals surface area contributed by atoms with E-state index in [1.165, 1.54) is 22.3 Å². The zero-order valence-electron chi connectivity index (χ0n) is 16.5. The molecule has 1 aliphatic heterocycles. The molecule has 2 atom stereocenters. The summed E-state index contributed by atoms with van der Waals surface area (Å²) in [6.07, 6.45) is 5.33. The molecule has 1 aliphatic rings. The fourth-order valence-corrected chi connectivity index (χ4v) is 3.92. The number of nitrogens with zero attached hydrogens (tertiary/aromatic N) is 3. The van der Waals surface area contributed by atoms with Crippen molar-refractivity contribution in [1.29, 1.82) is 0 Å². The minimum Gasteiger partial charge on any atom is -0.349 e. The van der Waals surface area contributed by atoms with Crippen LogP contribution in [0.3, 0.4) is 0 Å². The maximum atomic E-state index is 6.31. The standard InChI is InChI=1S/C23H27N3O2/c1-18-12-19(2)14-20(13-18)15-28-23-22(21-6-4-3-5-7-21)26(10-11-27-23)17-25-9-8-24-16-25/h3-9,12-14,16,22-23H,10-11,15,17H2,1-2H3. The van der Waals surface area contributed by atoms with Crippen LogP contribution in [0.5, 0.6) is 0 Å². The predicted octanol–water partition coefficient (Wildman–Crippen LogP) is 4.07. The molecule has 0 saturated carbocycles. The molecule has 4 rings (SSSR count). The first-order valence-corrected chi connectivity index (χ1v) is 9.74. The molecule has 1 saturated heterocycles. The summed E-state index contributed by atoms with van der Waals surface area (Å²) < 4.78 is 14.5. The Hall–Kier alpha value is -2.47. The zero-order valence-corrected chi connectivity index (χ0v) is 16.5. The van der Waals surface area contributed by atoms with Crippen molar-refractivity contribution >= 4 is 0 Å². The highest BCUT2D eigenvalue weighted by atomic mass is 16.7. The Morgan fingerprint density at radius 3 is 2.61 bits per heavy atom. The number of ether oxygens (including phenoxy) is 2. The number of hydrogen-bond donors (Lipinski definition) is 0. The number of aryl methyl sites for hydroxylation is 2. The van der Waals surface area contributed by atoms with Gasteiger partial charge in [-0.15, -0.1) is 0 Å². The zero-order chi connectivity index (χ0) is 19.3. The van der Waals surface area contributed by atoms with Crippen LogP contribution in [0.25, 0.3) is 0 Å². The first-order valence-electron chi connectivity index (χ1n) is 9.74. The van der Waals surface area contributed by atoms with Crippen LogP contribution in [0.1, 0.15) is 28.3 Å². The third-order valence-corrected chi connectivity index (χ3v) is 5.05. The summed E-state index contributed by atoms with van der Waals surface area (Å²) in [6.45, 7) is 7.03. The summed E-state index contributed by atoms with van der Waals surface area (Å²) in [5.41, 5.74) is 4.89. The molecular weight excluding hydrogens is 350 g/mol. The summed E-state index contributed by atoms with van der Waals surface area (Å²) in [7, 11) is 0. The van der Waals surface area contributed by atoms with Gasteiger partial charge in [-0.25, -0.2) is 4.98 Å². The van der Waals surface area contributed by atoms with Gasteiger partial charge in [-0.2, -0.15) is 0 Å². The van der Waals surface area contributed by atoms with Crippen molar-refractivity contribution in [3.05, 3.63) is 89.5 Å². The molecule has 2 aromatic carbocycles. The van der Waals surface area contributed by atoms with Crippen molar-refractivity contribution in [1.82, 2.24) is 14.5 Å². The molecule has 0 bridgehead atoms. The van der Waals surface area contributed by atoms with Crippen molar-refractivity contribution in [2.24, 2.45) is 0 Å². The third-order valence-electron chi connectivity index (χ3n) is 5.05. The van der Waals surface area contributed by atoms with E-state index in [4.69, 9.17) is 9.47 Å². The Morgan fingerprint density at radius 1 is 1.11 bits per heavy atom. The lowest BCUT2D eigenvalue weighted by molar-refractivity contribution is -0.221. The topological polar surface area (TPSA) is 39.5 Å². The van der Waals surface area contributed by atoms with Crippen LogP contribution >= 0.6 is 0 Å². The van der Waals surface area contributed by atoms with Gasteiger partial charge in [-0.3, -0.25) is 4.90 Å². The number of rotatable bonds is 6. The van der Waals surface area contributed by atoms with Crippen LogP contribution in [-0.2, 0) is 22.7 Å². The second-order valence-electron chi connectivity index (χ2n) is 7.43. The highest BCUT2D eigenvalue weighted by Crippen LogP contribution is 2.31. The lowest BCUT2D eigenvalue weighted by atomic mass is 10.0. The van der Waals surface area contributed by atoms with Crippen LogP contribution in [-0.4, -0.2) is 33.9 Å². The van der Waals surface area contributed by atoms with E-state index in [9.17, 15) is 0 Å². The Morgan fingerprint density at radius 2 is 1.89 bits per heavy atom. The summed E-state index contributed by atoms with van der Waals surface area (Å²) in [4.78, 5) is 6.57. The van der Waals surface area contributed by atoms with Crippen molar-refractivity contribution in [3.8, 4) is 0 Å². The van der Waals surface area contributed by atoms with E-state index >= 15 is 0 Å². The summed E-state index contributed by atoms with van der Waals surface area (Å²) in [5, 5.41) is 0. The molecule has 2 unspecified atom stereocenters.